The van der Waals surface area contributed by atoms with Gasteiger partial charge in [0.15, 0.2) is 18.5 Å². The molecule has 0 spiro atoms. The van der Waals surface area contributed by atoms with Crippen LogP contribution in [0.4, 0.5) is 0 Å². The van der Waals surface area contributed by atoms with Crippen LogP contribution in [0.15, 0.2) is 65.8 Å². The largest absolute Gasteiger partial charge is 0.467 e. The fourth-order valence-corrected chi connectivity index (χ4v) is 5.81. The van der Waals surface area contributed by atoms with Crippen LogP contribution in [-0.2, 0) is 84.6 Å². The van der Waals surface area contributed by atoms with Crippen LogP contribution in [0.5, 0.6) is 0 Å². The molecule has 2 aliphatic rings. The third-order valence-electron chi connectivity index (χ3n) is 8.00. The molecule has 2 saturated heterocycles. The second-order valence-electron chi connectivity index (χ2n) is 11.9. The lowest BCUT2D eigenvalue weighted by atomic mass is 9.95. The van der Waals surface area contributed by atoms with Crippen molar-refractivity contribution in [3.63, 3.8) is 0 Å². The van der Waals surface area contributed by atoms with Crippen LogP contribution in [0, 0.1) is 0 Å². The van der Waals surface area contributed by atoms with E-state index in [0.717, 1.165) is 27.9 Å². The van der Waals surface area contributed by atoms with Gasteiger partial charge >= 0.3 is 29.8 Å². The highest BCUT2D eigenvalue weighted by Gasteiger charge is 2.57. The number of nitrogens with zero attached hydrogens (tertiary/aromatic N) is 3. The SMILES string of the molecule is COC(=O)[C@H]1O[C@@H](O[C@H]2[C@H](OC(C)=O)[C@@H](N=[N+]=[N-])C(OC(C)=O)O[C@@H]2COC(C)=O)[C@H](OCc2ccccc2)[C@@H](OCc2ccccc2)[C@@H]1OC(=O)CCl. The van der Waals surface area contributed by atoms with Gasteiger partial charge in [0.05, 0.1) is 20.3 Å². The molecule has 54 heavy (non-hydrogen) atoms. The summed E-state index contributed by atoms with van der Waals surface area (Å²) in [6.45, 7) is 2.56. The highest BCUT2D eigenvalue weighted by atomic mass is 35.5. The third-order valence-corrected chi connectivity index (χ3v) is 8.22. The van der Waals surface area contributed by atoms with E-state index in [1.807, 2.05) is 0 Å². The Balaban J connectivity index is 1.85. The van der Waals surface area contributed by atoms with E-state index in [-0.39, 0.29) is 13.2 Å². The van der Waals surface area contributed by atoms with Crippen molar-refractivity contribution in [2.24, 2.45) is 5.11 Å². The number of rotatable bonds is 16. The molecular formula is C35H40ClN3O15. The Morgan fingerprint density at radius 3 is 1.85 bits per heavy atom. The maximum atomic E-state index is 13.3. The molecule has 2 aromatic rings. The topological polar surface area (TPSA) is 226 Å². The van der Waals surface area contributed by atoms with Crippen molar-refractivity contribution < 1.29 is 71.3 Å². The number of methoxy groups -OCH3 is 1. The number of hydrogen-bond acceptors (Lipinski definition) is 16. The maximum Gasteiger partial charge on any atom is 0.339 e. The third kappa shape index (κ3) is 11.6. The van der Waals surface area contributed by atoms with Gasteiger partial charge in [0.25, 0.3) is 0 Å². The van der Waals surface area contributed by atoms with Gasteiger partial charge in [0.2, 0.25) is 6.29 Å². The van der Waals surface area contributed by atoms with E-state index in [2.05, 4.69) is 10.0 Å². The summed E-state index contributed by atoms with van der Waals surface area (Å²) in [4.78, 5) is 65.4. The summed E-state index contributed by atoms with van der Waals surface area (Å²) >= 11 is 5.81. The van der Waals surface area contributed by atoms with Crippen molar-refractivity contribution in [1.82, 2.24) is 0 Å². The zero-order chi connectivity index (χ0) is 39.2. The Morgan fingerprint density at radius 1 is 0.741 bits per heavy atom. The lowest BCUT2D eigenvalue weighted by Crippen LogP contribution is -2.67. The van der Waals surface area contributed by atoms with Crippen LogP contribution in [0.3, 0.4) is 0 Å². The van der Waals surface area contributed by atoms with E-state index >= 15 is 0 Å². The number of esters is 5. The molecule has 2 fully saturated rings. The number of azide groups is 1. The average Bonchev–Trinajstić information content (AvgIpc) is 3.15. The predicted molar refractivity (Wildman–Crippen MR) is 182 cm³/mol. The molecular weight excluding hydrogens is 738 g/mol. The summed E-state index contributed by atoms with van der Waals surface area (Å²) in [5.41, 5.74) is 10.9. The number of hydrogen-bond donors (Lipinski definition) is 0. The van der Waals surface area contributed by atoms with Gasteiger partial charge in [-0.1, -0.05) is 65.8 Å². The van der Waals surface area contributed by atoms with E-state index in [4.69, 9.17) is 59.0 Å². The molecule has 0 bridgehead atoms. The lowest BCUT2D eigenvalue weighted by molar-refractivity contribution is -0.350. The van der Waals surface area contributed by atoms with Crippen molar-refractivity contribution in [1.29, 1.82) is 0 Å². The molecule has 1 unspecified atom stereocenters. The Hall–Kier alpha value is -4.81. The molecule has 19 heteroatoms. The zero-order valence-electron chi connectivity index (χ0n) is 29.7. The van der Waals surface area contributed by atoms with Gasteiger partial charge in [-0.15, -0.1) is 11.6 Å². The highest BCUT2D eigenvalue weighted by Crippen LogP contribution is 2.36. The van der Waals surface area contributed by atoms with Crippen molar-refractivity contribution in [3.05, 3.63) is 82.2 Å². The quantitative estimate of drug-likeness (QED) is 0.0596. The normalized spacial score (nSPS) is 27.7. The van der Waals surface area contributed by atoms with Gasteiger partial charge < -0.3 is 47.4 Å². The maximum absolute atomic E-state index is 13.3. The molecule has 18 nitrogen and oxygen atoms in total. The van der Waals surface area contributed by atoms with Gasteiger partial charge in [-0.25, -0.2) is 4.79 Å². The van der Waals surface area contributed by atoms with E-state index in [0.29, 0.717) is 11.1 Å². The number of ether oxygens (including phenoxy) is 10. The van der Waals surface area contributed by atoms with E-state index in [1.54, 1.807) is 60.7 Å². The number of benzene rings is 2. The number of carbonyl (C=O) groups is 5. The Morgan fingerprint density at radius 2 is 1.33 bits per heavy atom. The summed E-state index contributed by atoms with van der Waals surface area (Å²) in [6, 6.07) is 16.3. The molecule has 2 heterocycles. The van der Waals surface area contributed by atoms with E-state index in [9.17, 15) is 29.5 Å². The molecule has 0 N–H and O–H groups in total. The summed E-state index contributed by atoms with van der Waals surface area (Å²) in [6.07, 6.45) is -13.7. The zero-order valence-corrected chi connectivity index (χ0v) is 30.5. The average molecular weight is 778 g/mol. The molecule has 0 aliphatic carbocycles. The smallest absolute Gasteiger partial charge is 0.339 e. The van der Waals surface area contributed by atoms with E-state index in [1.165, 1.54) is 0 Å². The first-order chi connectivity index (χ1) is 25.9. The molecule has 2 aliphatic heterocycles. The van der Waals surface area contributed by atoms with Crippen molar-refractivity contribution in [2.45, 2.75) is 95.3 Å². The summed E-state index contributed by atoms with van der Waals surface area (Å²) in [5.74, 6) is -4.94. The van der Waals surface area contributed by atoms with E-state index < -0.39 is 104 Å². The van der Waals surface area contributed by atoms with Crippen molar-refractivity contribution in [3.8, 4) is 0 Å². The van der Waals surface area contributed by atoms with Crippen molar-refractivity contribution in [2.75, 3.05) is 19.6 Å². The number of halogens is 1. The minimum atomic E-state index is -1.71. The monoisotopic (exact) mass is 777 g/mol. The number of alkyl halides is 1. The molecule has 10 atom stereocenters. The first-order valence-electron chi connectivity index (χ1n) is 16.6. The highest BCUT2D eigenvalue weighted by molar-refractivity contribution is 6.26. The molecule has 0 aromatic heterocycles. The van der Waals surface area contributed by atoms with Crippen LogP contribution < -0.4 is 0 Å². The van der Waals surface area contributed by atoms with Gasteiger partial charge in [-0.2, -0.15) is 0 Å². The first-order valence-corrected chi connectivity index (χ1v) is 17.1. The van der Waals surface area contributed by atoms with Gasteiger partial charge in [-0.3, -0.25) is 19.2 Å². The second kappa shape index (κ2) is 20.6. The Bertz CT molecular complexity index is 1630. The summed E-state index contributed by atoms with van der Waals surface area (Å²) in [7, 11) is 1.08. The molecule has 4 rings (SSSR count). The minimum Gasteiger partial charge on any atom is -0.467 e. The lowest BCUT2D eigenvalue weighted by Gasteiger charge is -2.48. The van der Waals surface area contributed by atoms with Crippen LogP contribution in [0.25, 0.3) is 10.4 Å². The Labute approximate surface area is 314 Å². The fraction of sp³-hybridized carbons (Fsp3) is 0.514. The predicted octanol–water partition coefficient (Wildman–Crippen LogP) is 3.05. The standard InChI is InChI=1S/C35H40ClN3O15/c1-19(40)46-18-24-27(28(49-20(2)41)26(38-39-37)34(51-24)50-21(3)42)53-35-32(48-17-23-13-9-6-10-14-23)29(47-16-22-11-7-5-8-12-22)30(52-25(43)15-36)31(54-35)33(44)45-4/h5-14,24,26-32,34-35H,15-18H2,1-4H3/t24-,26-,27-,28-,29+,30+,31+,32-,34?,35-/m1/s1. The summed E-state index contributed by atoms with van der Waals surface area (Å²) < 4.78 is 58.1. The van der Waals surface area contributed by atoms with Crippen LogP contribution in [0.2, 0.25) is 0 Å². The minimum absolute atomic E-state index is 0.0764. The second-order valence-corrected chi connectivity index (χ2v) is 12.2. The molecule has 0 saturated carbocycles. The van der Waals surface area contributed by atoms with Gasteiger partial charge in [-0.05, 0) is 16.7 Å². The Kier molecular flexibility index (Phi) is 16.0. The van der Waals surface area contributed by atoms with Crippen LogP contribution >= 0.6 is 11.6 Å². The van der Waals surface area contributed by atoms with Crippen LogP contribution in [-0.4, -0.2) is 111 Å². The first kappa shape index (κ1) is 41.9. The number of carbonyl (C=O) groups excluding carboxylic acids is 5. The molecule has 292 valence electrons. The molecule has 0 radical (unpaired) electrons. The van der Waals surface area contributed by atoms with Gasteiger partial charge in [0.1, 0.15) is 49.0 Å². The van der Waals surface area contributed by atoms with Gasteiger partial charge in [0, 0.05) is 25.7 Å². The fourth-order valence-electron chi connectivity index (χ4n) is 5.75. The van der Waals surface area contributed by atoms with Crippen LogP contribution in [0.1, 0.15) is 31.9 Å². The molecule has 0 amide bonds. The van der Waals surface area contributed by atoms with Crippen molar-refractivity contribution >= 4 is 41.4 Å². The summed E-state index contributed by atoms with van der Waals surface area (Å²) in [5, 5.41) is 3.68. The molecule has 2 aromatic carbocycles.